The Labute approximate surface area is 217 Å². The highest BCUT2D eigenvalue weighted by molar-refractivity contribution is 8.18. The van der Waals surface area contributed by atoms with Crippen molar-refractivity contribution in [2.24, 2.45) is 0 Å². The maximum atomic E-state index is 13.2. The van der Waals surface area contributed by atoms with Crippen molar-refractivity contribution in [2.45, 2.75) is 6.92 Å². The van der Waals surface area contributed by atoms with Crippen molar-refractivity contribution < 1.29 is 18.8 Å². The number of amides is 3. The molecule has 184 valence electrons. The zero-order valence-corrected chi connectivity index (χ0v) is 20.7. The quantitative estimate of drug-likeness (QED) is 0.330. The SMILES string of the molecule is Cc1ccc(-c2cc(C(=O)NCCN3C(=O)SC(=Cc4ccc(F)cc4)C3=O)c3ccccc3n2)cc1. The summed E-state index contributed by atoms with van der Waals surface area (Å²) in [4.78, 5) is 44.5. The second kappa shape index (κ2) is 10.4. The number of benzene rings is 3. The summed E-state index contributed by atoms with van der Waals surface area (Å²) in [7, 11) is 0. The Morgan fingerprint density at radius 3 is 2.51 bits per heavy atom. The molecule has 0 aliphatic carbocycles. The molecule has 0 unspecified atom stereocenters. The highest BCUT2D eigenvalue weighted by Gasteiger charge is 2.34. The van der Waals surface area contributed by atoms with E-state index in [9.17, 15) is 18.8 Å². The second-order valence-electron chi connectivity index (χ2n) is 8.58. The first-order valence-electron chi connectivity index (χ1n) is 11.6. The zero-order chi connectivity index (χ0) is 25.9. The van der Waals surface area contributed by atoms with Crippen molar-refractivity contribution in [3.05, 3.63) is 106 Å². The molecule has 0 spiro atoms. The lowest BCUT2D eigenvalue weighted by atomic mass is 10.0. The van der Waals surface area contributed by atoms with E-state index in [4.69, 9.17) is 4.98 Å². The molecule has 8 heteroatoms. The van der Waals surface area contributed by atoms with Gasteiger partial charge in [-0.3, -0.25) is 19.3 Å². The van der Waals surface area contributed by atoms with Gasteiger partial charge in [0.2, 0.25) is 0 Å². The molecule has 3 aromatic carbocycles. The lowest BCUT2D eigenvalue weighted by molar-refractivity contribution is -0.122. The van der Waals surface area contributed by atoms with Gasteiger partial charge in [0, 0.05) is 24.0 Å². The molecule has 2 heterocycles. The lowest BCUT2D eigenvalue weighted by Crippen LogP contribution is -2.37. The summed E-state index contributed by atoms with van der Waals surface area (Å²) in [6, 6.07) is 22.7. The molecule has 0 atom stereocenters. The number of para-hydroxylation sites is 1. The molecule has 6 nitrogen and oxygen atoms in total. The number of aromatic nitrogens is 1. The second-order valence-corrected chi connectivity index (χ2v) is 9.57. The predicted octanol–water partition coefficient (Wildman–Crippen LogP) is 5.82. The summed E-state index contributed by atoms with van der Waals surface area (Å²) in [6.07, 6.45) is 1.55. The van der Waals surface area contributed by atoms with Crippen LogP contribution in [-0.2, 0) is 4.79 Å². The lowest BCUT2D eigenvalue weighted by Gasteiger charge is -2.14. The maximum Gasteiger partial charge on any atom is 0.293 e. The van der Waals surface area contributed by atoms with Crippen LogP contribution in [0.1, 0.15) is 21.5 Å². The smallest absolute Gasteiger partial charge is 0.293 e. The maximum absolute atomic E-state index is 13.2. The van der Waals surface area contributed by atoms with Crippen LogP contribution in [-0.4, -0.2) is 40.0 Å². The molecule has 1 fully saturated rings. The normalized spacial score (nSPS) is 14.5. The third kappa shape index (κ3) is 5.29. The van der Waals surface area contributed by atoms with Crippen molar-refractivity contribution >= 4 is 45.8 Å². The molecule has 0 radical (unpaired) electrons. The summed E-state index contributed by atoms with van der Waals surface area (Å²) >= 11 is 0.822. The number of thioether (sulfide) groups is 1. The van der Waals surface area contributed by atoms with Crippen molar-refractivity contribution in [3.8, 4) is 11.3 Å². The fourth-order valence-corrected chi connectivity index (χ4v) is 4.88. The van der Waals surface area contributed by atoms with Gasteiger partial charge >= 0.3 is 0 Å². The molecule has 1 aliphatic rings. The van der Waals surface area contributed by atoms with Crippen LogP contribution in [0.3, 0.4) is 0 Å². The summed E-state index contributed by atoms with van der Waals surface area (Å²) in [5.41, 5.74) is 4.49. The number of fused-ring (bicyclic) bond motifs is 1. The summed E-state index contributed by atoms with van der Waals surface area (Å²) in [6.45, 7) is 2.13. The van der Waals surface area contributed by atoms with Crippen molar-refractivity contribution in [3.63, 3.8) is 0 Å². The first-order chi connectivity index (χ1) is 17.9. The van der Waals surface area contributed by atoms with E-state index in [-0.39, 0.29) is 29.7 Å². The molecule has 37 heavy (non-hydrogen) atoms. The number of hydrogen-bond acceptors (Lipinski definition) is 5. The average Bonchev–Trinajstić information content (AvgIpc) is 3.17. The van der Waals surface area contributed by atoms with Crippen molar-refractivity contribution in [2.75, 3.05) is 13.1 Å². The molecule has 1 saturated heterocycles. The number of carbonyl (C=O) groups excluding carboxylic acids is 3. The van der Waals surface area contributed by atoms with E-state index in [1.54, 1.807) is 12.1 Å². The van der Waals surface area contributed by atoms with E-state index >= 15 is 0 Å². The van der Waals surface area contributed by atoms with Crippen LogP contribution in [0.2, 0.25) is 0 Å². The molecule has 1 aromatic heterocycles. The standard InChI is InChI=1S/C29H22FN3O3S/c1-18-6-10-20(11-7-18)25-17-23(22-4-2-3-5-24(22)32-25)27(34)31-14-15-33-28(35)26(37-29(33)36)16-19-8-12-21(30)13-9-19/h2-13,16-17H,14-15H2,1H3,(H,31,34). The number of aryl methyl sites for hydroxylation is 1. The third-order valence-corrected chi connectivity index (χ3v) is 6.88. The van der Waals surface area contributed by atoms with Gasteiger partial charge in [0.25, 0.3) is 17.1 Å². The number of imide groups is 1. The molecule has 3 amide bonds. The summed E-state index contributed by atoms with van der Waals surface area (Å²) in [5, 5.41) is 3.13. The van der Waals surface area contributed by atoms with Crippen LogP contribution in [0.5, 0.6) is 0 Å². The molecular formula is C29H22FN3O3S. The van der Waals surface area contributed by atoms with E-state index in [1.807, 2.05) is 55.5 Å². The van der Waals surface area contributed by atoms with E-state index in [0.717, 1.165) is 27.8 Å². The number of rotatable bonds is 6. The van der Waals surface area contributed by atoms with Gasteiger partial charge in [-0.05, 0) is 54.6 Å². The van der Waals surface area contributed by atoms with Crippen LogP contribution in [0.25, 0.3) is 28.2 Å². The number of hydrogen-bond donors (Lipinski definition) is 1. The van der Waals surface area contributed by atoms with Gasteiger partial charge in [-0.15, -0.1) is 0 Å². The molecule has 0 saturated carbocycles. The van der Waals surface area contributed by atoms with Gasteiger partial charge in [-0.1, -0.05) is 60.2 Å². The Morgan fingerprint density at radius 1 is 1.03 bits per heavy atom. The van der Waals surface area contributed by atoms with E-state index < -0.39 is 11.1 Å². The monoisotopic (exact) mass is 511 g/mol. The Hall–Kier alpha value is -4.30. The van der Waals surface area contributed by atoms with Crippen molar-refractivity contribution in [1.82, 2.24) is 15.2 Å². The van der Waals surface area contributed by atoms with Gasteiger partial charge in [-0.2, -0.15) is 0 Å². The van der Waals surface area contributed by atoms with Gasteiger partial charge in [0.05, 0.1) is 21.7 Å². The number of carbonyl (C=O) groups is 3. The van der Waals surface area contributed by atoms with Gasteiger partial charge in [0.15, 0.2) is 0 Å². The van der Waals surface area contributed by atoms with Gasteiger partial charge in [0.1, 0.15) is 5.82 Å². The number of nitrogens with zero attached hydrogens (tertiary/aromatic N) is 2. The molecule has 1 N–H and O–H groups in total. The molecule has 5 rings (SSSR count). The first-order valence-corrected chi connectivity index (χ1v) is 12.5. The number of halogens is 1. The van der Waals surface area contributed by atoms with Gasteiger partial charge in [-0.25, -0.2) is 9.37 Å². The minimum absolute atomic E-state index is 0.0327. The largest absolute Gasteiger partial charge is 0.350 e. The van der Waals surface area contributed by atoms with Crippen LogP contribution in [0, 0.1) is 12.7 Å². The fraction of sp³-hybridized carbons (Fsp3) is 0.103. The number of nitrogens with one attached hydrogen (secondary N) is 1. The minimum atomic E-state index is -0.440. The topological polar surface area (TPSA) is 79.4 Å². The highest BCUT2D eigenvalue weighted by Crippen LogP contribution is 2.32. The Morgan fingerprint density at radius 2 is 1.76 bits per heavy atom. The van der Waals surface area contributed by atoms with Crippen LogP contribution in [0.4, 0.5) is 9.18 Å². The molecule has 1 aliphatic heterocycles. The summed E-state index contributed by atoms with van der Waals surface area (Å²) in [5.74, 6) is -1.14. The Kier molecular flexibility index (Phi) is 6.83. The Bertz CT molecular complexity index is 1550. The molecular weight excluding hydrogens is 489 g/mol. The van der Waals surface area contributed by atoms with E-state index in [0.29, 0.717) is 27.7 Å². The van der Waals surface area contributed by atoms with Gasteiger partial charge < -0.3 is 5.32 Å². The minimum Gasteiger partial charge on any atom is -0.350 e. The van der Waals surface area contributed by atoms with Crippen LogP contribution < -0.4 is 5.32 Å². The number of pyridine rings is 1. The van der Waals surface area contributed by atoms with Crippen molar-refractivity contribution in [1.29, 1.82) is 0 Å². The van der Waals surface area contributed by atoms with E-state index in [2.05, 4.69) is 5.32 Å². The first kappa shape index (κ1) is 24.4. The van der Waals surface area contributed by atoms with Crippen LogP contribution in [0.15, 0.2) is 83.8 Å². The van der Waals surface area contributed by atoms with Crippen LogP contribution >= 0.6 is 11.8 Å². The third-order valence-electron chi connectivity index (χ3n) is 5.97. The van der Waals surface area contributed by atoms with E-state index in [1.165, 1.54) is 24.3 Å². The predicted molar refractivity (Wildman–Crippen MR) is 143 cm³/mol. The highest BCUT2D eigenvalue weighted by atomic mass is 32.2. The molecule has 0 bridgehead atoms. The Balaban J connectivity index is 1.31. The summed E-state index contributed by atoms with van der Waals surface area (Å²) < 4.78 is 13.1. The molecule has 4 aromatic rings. The zero-order valence-electron chi connectivity index (χ0n) is 19.9. The average molecular weight is 512 g/mol. The fourth-order valence-electron chi connectivity index (χ4n) is 4.02.